The van der Waals surface area contributed by atoms with Crippen LogP contribution in [-0.2, 0) is 23.0 Å². The third-order valence-corrected chi connectivity index (χ3v) is 6.13. The lowest BCUT2D eigenvalue weighted by Crippen LogP contribution is -2.21. The summed E-state index contributed by atoms with van der Waals surface area (Å²) in [6, 6.07) is 11.3. The van der Waals surface area contributed by atoms with Crippen molar-refractivity contribution < 1.29 is 17.2 Å². The van der Waals surface area contributed by atoms with Gasteiger partial charge in [0.15, 0.2) is 5.82 Å². The molecule has 10 heteroatoms. The van der Waals surface area contributed by atoms with E-state index in [9.17, 15) is 17.2 Å². The highest BCUT2D eigenvalue weighted by atomic mass is 32.2. The molecule has 3 aromatic rings. The molecule has 4 rings (SSSR count). The first-order valence-corrected chi connectivity index (χ1v) is 11.4. The first-order valence-electron chi connectivity index (χ1n) is 9.88. The Morgan fingerprint density at radius 3 is 2.68 bits per heavy atom. The van der Waals surface area contributed by atoms with Crippen LogP contribution in [0.3, 0.4) is 0 Å². The fourth-order valence-corrected chi connectivity index (χ4v) is 4.26. The SMILES string of the molecule is Cc1cccc(Cc2nc(CN3CC[C@@H](F)C3)nn2-c2ccc(S(N)(=O)=O)cc2F)c1. The molecule has 0 spiro atoms. The number of aromatic nitrogens is 3. The van der Waals surface area contributed by atoms with Crippen LogP contribution in [0.25, 0.3) is 5.69 Å². The van der Waals surface area contributed by atoms with Crippen LogP contribution < -0.4 is 5.14 Å². The number of aryl methyl sites for hydroxylation is 1. The summed E-state index contributed by atoms with van der Waals surface area (Å²) in [6.07, 6.45) is 0.00849. The lowest BCUT2D eigenvalue weighted by atomic mass is 10.1. The standard InChI is InChI=1S/C21H23F2N5O2S/c1-14-3-2-4-15(9-14)10-21-25-20(13-27-8-7-16(22)12-27)26-28(21)19-6-5-17(11-18(19)23)31(24,29)30/h2-6,9,11,16H,7-8,10,12-13H2,1H3,(H2,24,29,30)/t16-/m1/s1. The van der Waals surface area contributed by atoms with Crippen molar-refractivity contribution in [3.8, 4) is 5.69 Å². The lowest BCUT2D eigenvalue weighted by molar-refractivity contribution is 0.277. The van der Waals surface area contributed by atoms with Crippen molar-refractivity contribution in [2.45, 2.75) is 37.4 Å². The van der Waals surface area contributed by atoms with Crippen molar-refractivity contribution in [1.82, 2.24) is 19.7 Å². The van der Waals surface area contributed by atoms with Crippen LogP contribution in [0.5, 0.6) is 0 Å². The van der Waals surface area contributed by atoms with Crippen molar-refractivity contribution in [2.75, 3.05) is 13.1 Å². The zero-order valence-electron chi connectivity index (χ0n) is 17.0. The monoisotopic (exact) mass is 447 g/mol. The summed E-state index contributed by atoms with van der Waals surface area (Å²) in [5, 5.41) is 9.56. The normalized spacial score (nSPS) is 17.4. The van der Waals surface area contributed by atoms with Crippen molar-refractivity contribution in [3.63, 3.8) is 0 Å². The molecular weight excluding hydrogens is 424 g/mol. The van der Waals surface area contributed by atoms with Crippen LogP contribution in [0, 0.1) is 12.7 Å². The first-order chi connectivity index (χ1) is 14.7. The number of halogens is 2. The highest BCUT2D eigenvalue weighted by Crippen LogP contribution is 2.21. The van der Waals surface area contributed by atoms with E-state index in [2.05, 4.69) is 10.1 Å². The number of rotatable bonds is 6. The van der Waals surface area contributed by atoms with Gasteiger partial charge in [-0.25, -0.2) is 32.0 Å². The van der Waals surface area contributed by atoms with Crippen LogP contribution in [0.4, 0.5) is 8.78 Å². The van der Waals surface area contributed by atoms with Gasteiger partial charge in [0.25, 0.3) is 0 Å². The van der Waals surface area contributed by atoms with Crippen LogP contribution in [-0.4, -0.2) is 47.3 Å². The van der Waals surface area contributed by atoms with Crippen molar-refractivity contribution in [2.24, 2.45) is 5.14 Å². The summed E-state index contributed by atoms with van der Waals surface area (Å²) in [5.41, 5.74) is 2.13. The fraction of sp³-hybridized carbons (Fsp3) is 0.333. The highest BCUT2D eigenvalue weighted by molar-refractivity contribution is 7.89. The number of sulfonamides is 1. The molecule has 0 unspecified atom stereocenters. The minimum atomic E-state index is -4.03. The van der Waals surface area contributed by atoms with Gasteiger partial charge >= 0.3 is 0 Å². The Kier molecular flexibility index (Phi) is 5.87. The minimum Gasteiger partial charge on any atom is -0.293 e. The van der Waals surface area contributed by atoms with Gasteiger partial charge in [0.1, 0.15) is 23.5 Å². The molecule has 1 aromatic heterocycles. The molecule has 0 aliphatic carbocycles. The Bertz CT molecular complexity index is 1210. The van der Waals surface area contributed by atoms with Gasteiger partial charge in [-0.3, -0.25) is 4.90 Å². The Morgan fingerprint density at radius 2 is 2.03 bits per heavy atom. The van der Waals surface area contributed by atoms with Crippen molar-refractivity contribution >= 4 is 10.0 Å². The molecule has 2 heterocycles. The quantitative estimate of drug-likeness (QED) is 0.627. The average Bonchev–Trinajstić information content (AvgIpc) is 3.27. The zero-order chi connectivity index (χ0) is 22.2. The number of nitrogens with zero attached hydrogens (tertiary/aromatic N) is 4. The molecule has 7 nitrogen and oxygen atoms in total. The van der Waals surface area contributed by atoms with Crippen molar-refractivity contribution in [3.05, 3.63) is 71.1 Å². The van der Waals surface area contributed by atoms with E-state index in [1.165, 1.54) is 16.8 Å². The van der Waals surface area contributed by atoms with Gasteiger partial charge in [-0.2, -0.15) is 0 Å². The minimum absolute atomic E-state index is 0.0681. The van der Waals surface area contributed by atoms with Gasteiger partial charge in [0, 0.05) is 19.5 Å². The molecular formula is C21H23F2N5O2S. The second kappa shape index (κ2) is 8.45. The predicted octanol–water partition coefficient (Wildman–Crippen LogP) is 2.50. The third-order valence-electron chi connectivity index (χ3n) is 5.22. The van der Waals surface area contributed by atoms with Crippen LogP contribution in [0.2, 0.25) is 0 Å². The van der Waals surface area contributed by atoms with Crippen LogP contribution in [0.15, 0.2) is 47.4 Å². The van der Waals surface area contributed by atoms with E-state index in [1.54, 1.807) is 0 Å². The summed E-state index contributed by atoms with van der Waals surface area (Å²) in [7, 11) is -4.03. The molecule has 1 aliphatic rings. The molecule has 0 bridgehead atoms. The van der Waals surface area contributed by atoms with E-state index in [-0.39, 0.29) is 10.6 Å². The average molecular weight is 448 g/mol. The summed E-state index contributed by atoms with van der Waals surface area (Å²) >= 11 is 0. The highest BCUT2D eigenvalue weighted by Gasteiger charge is 2.24. The van der Waals surface area contributed by atoms with E-state index in [4.69, 9.17) is 5.14 Å². The smallest absolute Gasteiger partial charge is 0.238 e. The number of hydrogen-bond donors (Lipinski definition) is 1. The second-order valence-electron chi connectivity index (χ2n) is 7.80. The maximum absolute atomic E-state index is 14.8. The molecule has 1 fully saturated rings. The largest absolute Gasteiger partial charge is 0.293 e. The topological polar surface area (TPSA) is 94.1 Å². The van der Waals surface area contributed by atoms with E-state index < -0.39 is 22.0 Å². The number of likely N-dealkylation sites (tertiary alicyclic amines) is 1. The molecule has 0 amide bonds. The Hall–Kier alpha value is -2.69. The van der Waals surface area contributed by atoms with Gasteiger partial charge in [0.2, 0.25) is 10.0 Å². The van der Waals surface area contributed by atoms with Gasteiger partial charge < -0.3 is 0 Å². The molecule has 0 radical (unpaired) electrons. The molecule has 1 aliphatic heterocycles. The Balaban J connectivity index is 1.72. The number of primary sulfonamides is 1. The summed E-state index contributed by atoms with van der Waals surface area (Å²) < 4.78 is 52.8. The Labute approximate surface area is 179 Å². The van der Waals surface area contributed by atoms with E-state index >= 15 is 0 Å². The molecule has 1 atom stereocenters. The van der Waals surface area contributed by atoms with Crippen LogP contribution in [0.1, 0.15) is 29.2 Å². The number of alkyl halides is 1. The third kappa shape index (κ3) is 4.97. The number of benzene rings is 2. The summed E-state index contributed by atoms with van der Waals surface area (Å²) in [4.78, 5) is 6.19. The maximum Gasteiger partial charge on any atom is 0.238 e. The lowest BCUT2D eigenvalue weighted by Gasteiger charge is -2.11. The molecule has 1 saturated heterocycles. The molecule has 31 heavy (non-hydrogen) atoms. The van der Waals surface area contributed by atoms with Gasteiger partial charge in [-0.15, -0.1) is 5.10 Å². The molecule has 0 saturated carbocycles. The van der Waals surface area contributed by atoms with E-state index in [0.717, 1.165) is 17.2 Å². The van der Waals surface area contributed by atoms with E-state index in [0.29, 0.717) is 44.1 Å². The van der Waals surface area contributed by atoms with Gasteiger partial charge in [0.05, 0.1) is 11.4 Å². The molecule has 2 N–H and O–H groups in total. The number of nitrogens with two attached hydrogens (primary N) is 1. The van der Waals surface area contributed by atoms with E-state index in [1.807, 2.05) is 36.1 Å². The van der Waals surface area contributed by atoms with Crippen molar-refractivity contribution in [1.29, 1.82) is 0 Å². The maximum atomic E-state index is 14.8. The van der Waals surface area contributed by atoms with Gasteiger partial charge in [-0.1, -0.05) is 29.8 Å². The summed E-state index contributed by atoms with van der Waals surface area (Å²) in [5.74, 6) is 0.170. The first kappa shape index (κ1) is 21.5. The Morgan fingerprint density at radius 1 is 1.23 bits per heavy atom. The second-order valence-corrected chi connectivity index (χ2v) is 9.36. The summed E-state index contributed by atoms with van der Waals surface area (Å²) in [6.45, 7) is 3.26. The zero-order valence-corrected chi connectivity index (χ0v) is 17.8. The fourth-order valence-electron chi connectivity index (χ4n) is 3.74. The number of hydrogen-bond acceptors (Lipinski definition) is 5. The van der Waals surface area contributed by atoms with Crippen LogP contribution >= 0.6 is 0 Å². The van der Waals surface area contributed by atoms with Gasteiger partial charge in [-0.05, 0) is 37.1 Å². The molecule has 164 valence electrons. The molecule has 2 aromatic carbocycles. The predicted molar refractivity (Wildman–Crippen MR) is 111 cm³/mol.